The summed E-state index contributed by atoms with van der Waals surface area (Å²) in [5, 5.41) is 6.03. The van der Waals surface area contributed by atoms with E-state index >= 15 is 0 Å². The first kappa shape index (κ1) is 12.3. The minimum absolute atomic E-state index is 0.254. The van der Waals surface area contributed by atoms with Gasteiger partial charge in [-0.3, -0.25) is 0 Å². The Kier molecular flexibility index (Phi) is 3.04. The molecule has 0 radical (unpaired) electrons. The zero-order valence-electron chi connectivity index (χ0n) is 11.0. The van der Waals surface area contributed by atoms with E-state index in [0.29, 0.717) is 23.9 Å². The summed E-state index contributed by atoms with van der Waals surface area (Å²) in [6.07, 6.45) is 1.48. The number of aromatic nitrogens is 3. The fourth-order valence-electron chi connectivity index (χ4n) is 2.11. The first-order valence-electron chi connectivity index (χ1n) is 6.48. The lowest BCUT2D eigenvalue weighted by Gasteiger charge is -1.97. The van der Waals surface area contributed by atoms with Crippen LogP contribution in [-0.4, -0.2) is 21.9 Å². The van der Waals surface area contributed by atoms with E-state index in [9.17, 15) is 0 Å². The van der Waals surface area contributed by atoms with Crippen molar-refractivity contribution in [2.24, 2.45) is 0 Å². The van der Waals surface area contributed by atoms with Crippen LogP contribution < -0.4 is 9.47 Å². The zero-order chi connectivity index (χ0) is 14.1. The van der Waals surface area contributed by atoms with Crippen LogP contribution in [0.2, 0.25) is 0 Å². The van der Waals surface area contributed by atoms with E-state index in [-0.39, 0.29) is 6.79 Å². The van der Waals surface area contributed by atoms with Crippen LogP contribution in [0, 0.1) is 0 Å². The molecule has 0 unspecified atom stereocenters. The number of aryl methyl sites for hydroxylation is 2. The Morgan fingerprint density at radius 3 is 3.00 bits per heavy atom. The van der Waals surface area contributed by atoms with E-state index in [4.69, 9.17) is 14.0 Å². The summed E-state index contributed by atoms with van der Waals surface area (Å²) in [7, 11) is 0. The molecule has 2 aromatic heterocycles. The van der Waals surface area contributed by atoms with Crippen LogP contribution in [0.1, 0.15) is 11.6 Å². The standard InChI is InChI=1S/C14H11N3O3S/c1-3-11-12(19-8-18-11)5-9(1)14-16-13(20-17-14)4-2-10-6-21-7-15-10/h1,3,5-7H,2,4,8H2. The topological polar surface area (TPSA) is 70.3 Å². The molecule has 4 rings (SSSR count). The Balaban J connectivity index is 1.51. The number of ether oxygens (including phenoxy) is 2. The number of fused-ring (bicyclic) bond motifs is 1. The molecule has 3 heterocycles. The summed E-state index contributed by atoms with van der Waals surface area (Å²) in [6.45, 7) is 0.254. The van der Waals surface area contributed by atoms with Crippen molar-refractivity contribution >= 4 is 11.3 Å². The van der Waals surface area contributed by atoms with Gasteiger partial charge in [-0.25, -0.2) is 4.98 Å². The minimum atomic E-state index is 0.254. The van der Waals surface area contributed by atoms with Crippen LogP contribution in [0.4, 0.5) is 0 Å². The van der Waals surface area contributed by atoms with Crippen molar-refractivity contribution < 1.29 is 14.0 Å². The lowest BCUT2D eigenvalue weighted by atomic mass is 10.2. The molecule has 6 nitrogen and oxygen atoms in total. The maximum absolute atomic E-state index is 5.35. The maximum Gasteiger partial charge on any atom is 0.231 e. The third-order valence-corrected chi connectivity index (χ3v) is 3.81. The second kappa shape index (κ2) is 5.17. The summed E-state index contributed by atoms with van der Waals surface area (Å²) in [4.78, 5) is 8.64. The number of nitrogens with zero attached hydrogens (tertiary/aromatic N) is 3. The predicted octanol–water partition coefficient (Wildman–Crippen LogP) is 2.71. The molecule has 0 aliphatic carbocycles. The fourth-order valence-corrected chi connectivity index (χ4v) is 2.70. The number of hydrogen-bond acceptors (Lipinski definition) is 7. The average Bonchev–Trinajstić information content (AvgIpc) is 3.25. The van der Waals surface area contributed by atoms with Crippen molar-refractivity contribution in [3.63, 3.8) is 0 Å². The lowest BCUT2D eigenvalue weighted by Crippen LogP contribution is -1.93. The third-order valence-electron chi connectivity index (χ3n) is 3.18. The van der Waals surface area contributed by atoms with E-state index in [2.05, 4.69) is 15.1 Å². The van der Waals surface area contributed by atoms with E-state index in [0.717, 1.165) is 23.4 Å². The molecule has 0 saturated carbocycles. The first-order chi connectivity index (χ1) is 10.4. The zero-order valence-corrected chi connectivity index (χ0v) is 11.8. The summed E-state index contributed by atoms with van der Waals surface area (Å²) < 4.78 is 15.9. The van der Waals surface area contributed by atoms with Crippen LogP contribution in [0.5, 0.6) is 11.5 Å². The molecular formula is C14H11N3O3S. The largest absolute Gasteiger partial charge is 0.454 e. The van der Waals surface area contributed by atoms with Gasteiger partial charge in [0.1, 0.15) is 0 Å². The van der Waals surface area contributed by atoms with Gasteiger partial charge in [-0.1, -0.05) is 5.16 Å². The molecule has 3 aromatic rings. The van der Waals surface area contributed by atoms with Gasteiger partial charge in [0.2, 0.25) is 18.5 Å². The van der Waals surface area contributed by atoms with E-state index < -0.39 is 0 Å². The molecule has 0 spiro atoms. The SMILES string of the molecule is c1nc(CCc2nc(-c3ccc4c(c3)OCO4)no2)cs1. The van der Waals surface area contributed by atoms with Crippen molar-refractivity contribution in [1.29, 1.82) is 0 Å². The second-order valence-electron chi connectivity index (χ2n) is 4.56. The molecule has 0 saturated heterocycles. The molecule has 0 amide bonds. The molecule has 0 bridgehead atoms. The van der Waals surface area contributed by atoms with E-state index in [1.807, 2.05) is 29.1 Å². The van der Waals surface area contributed by atoms with Crippen LogP contribution in [0.3, 0.4) is 0 Å². The lowest BCUT2D eigenvalue weighted by molar-refractivity contribution is 0.174. The van der Waals surface area contributed by atoms with Crippen LogP contribution in [0.25, 0.3) is 11.4 Å². The van der Waals surface area contributed by atoms with Crippen molar-refractivity contribution in [1.82, 2.24) is 15.1 Å². The van der Waals surface area contributed by atoms with E-state index in [1.54, 1.807) is 11.3 Å². The summed E-state index contributed by atoms with van der Waals surface area (Å²) >= 11 is 1.58. The monoisotopic (exact) mass is 301 g/mol. The minimum Gasteiger partial charge on any atom is -0.454 e. The van der Waals surface area contributed by atoms with Crippen LogP contribution in [-0.2, 0) is 12.8 Å². The Hall–Kier alpha value is -2.41. The molecule has 0 N–H and O–H groups in total. The molecule has 1 aliphatic rings. The Bertz CT molecular complexity index is 755. The first-order valence-corrected chi connectivity index (χ1v) is 7.42. The van der Waals surface area contributed by atoms with Crippen molar-refractivity contribution in [3.05, 3.63) is 40.7 Å². The highest BCUT2D eigenvalue weighted by atomic mass is 32.1. The van der Waals surface area contributed by atoms with Crippen molar-refractivity contribution in [2.45, 2.75) is 12.8 Å². The number of thiazole rings is 1. The van der Waals surface area contributed by atoms with Gasteiger partial charge in [0, 0.05) is 17.4 Å². The Morgan fingerprint density at radius 1 is 1.14 bits per heavy atom. The van der Waals surface area contributed by atoms with Crippen molar-refractivity contribution in [3.8, 4) is 22.9 Å². The van der Waals surface area contributed by atoms with Crippen LogP contribution in [0.15, 0.2) is 33.6 Å². The summed E-state index contributed by atoms with van der Waals surface area (Å²) in [5.74, 6) is 2.62. The van der Waals surface area contributed by atoms with Gasteiger partial charge in [0.15, 0.2) is 11.5 Å². The maximum atomic E-state index is 5.35. The highest BCUT2D eigenvalue weighted by Crippen LogP contribution is 2.35. The highest BCUT2D eigenvalue weighted by Gasteiger charge is 2.16. The smallest absolute Gasteiger partial charge is 0.231 e. The molecule has 0 fully saturated rings. The molecule has 106 valence electrons. The number of rotatable bonds is 4. The van der Waals surface area contributed by atoms with Gasteiger partial charge >= 0.3 is 0 Å². The average molecular weight is 301 g/mol. The Labute approximate surface area is 124 Å². The van der Waals surface area contributed by atoms with Gasteiger partial charge in [-0.2, -0.15) is 4.98 Å². The molecule has 0 atom stereocenters. The highest BCUT2D eigenvalue weighted by molar-refractivity contribution is 7.07. The van der Waals surface area contributed by atoms with Gasteiger partial charge < -0.3 is 14.0 Å². The molecule has 7 heteroatoms. The Morgan fingerprint density at radius 2 is 2.10 bits per heavy atom. The van der Waals surface area contributed by atoms with Gasteiger partial charge in [-0.15, -0.1) is 11.3 Å². The van der Waals surface area contributed by atoms with E-state index in [1.165, 1.54) is 0 Å². The fraction of sp³-hybridized carbons (Fsp3) is 0.214. The predicted molar refractivity (Wildman–Crippen MR) is 75.4 cm³/mol. The van der Waals surface area contributed by atoms with Gasteiger partial charge in [-0.05, 0) is 24.6 Å². The number of benzene rings is 1. The van der Waals surface area contributed by atoms with Crippen molar-refractivity contribution in [2.75, 3.05) is 6.79 Å². The quantitative estimate of drug-likeness (QED) is 0.738. The van der Waals surface area contributed by atoms with Gasteiger partial charge in [0.25, 0.3) is 0 Å². The van der Waals surface area contributed by atoms with Crippen LogP contribution >= 0.6 is 11.3 Å². The normalized spacial score (nSPS) is 12.8. The molecule has 21 heavy (non-hydrogen) atoms. The van der Waals surface area contributed by atoms with Gasteiger partial charge in [0.05, 0.1) is 11.2 Å². The second-order valence-corrected chi connectivity index (χ2v) is 5.28. The molecular weight excluding hydrogens is 290 g/mol. The summed E-state index contributed by atoms with van der Waals surface area (Å²) in [6, 6.07) is 5.60. The number of hydrogen-bond donors (Lipinski definition) is 0. The third kappa shape index (κ3) is 2.47. The molecule has 1 aromatic carbocycles. The molecule has 1 aliphatic heterocycles. The summed E-state index contributed by atoms with van der Waals surface area (Å²) in [5.41, 5.74) is 3.71.